The van der Waals surface area contributed by atoms with Gasteiger partial charge in [0.2, 0.25) is 15.9 Å². The molecule has 0 aliphatic carbocycles. The van der Waals surface area contributed by atoms with Crippen LogP contribution in [0.4, 0.5) is 4.39 Å². The Labute approximate surface area is 146 Å². The Bertz CT molecular complexity index is 877. The predicted molar refractivity (Wildman–Crippen MR) is 88.5 cm³/mol. The van der Waals surface area contributed by atoms with Gasteiger partial charge in [-0.2, -0.15) is 4.31 Å². The molecular weight excluding hydrogens is 371 g/mol. The van der Waals surface area contributed by atoms with E-state index < -0.39 is 31.6 Å². The highest BCUT2D eigenvalue weighted by Gasteiger charge is 2.37. The average Bonchev–Trinajstić information content (AvgIpc) is 2.94. The molecule has 0 bridgehead atoms. The summed E-state index contributed by atoms with van der Waals surface area (Å²) in [5.74, 6) is -1.50. The average molecular weight is 390 g/mol. The van der Waals surface area contributed by atoms with Gasteiger partial charge in [-0.3, -0.25) is 4.79 Å². The zero-order valence-corrected chi connectivity index (χ0v) is 15.1. The SMILES string of the molecule is O=C([C@@H]1CCS(=O)(=O)C1)N1CCN(S(=O)(=O)c2cccc(F)c2)CC1. The molecule has 2 fully saturated rings. The third-order valence-electron chi connectivity index (χ3n) is 4.57. The zero-order valence-electron chi connectivity index (χ0n) is 13.5. The van der Waals surface area contributed by atoms with Crippen LogP contribution in [0, 0.1) is 11.7 Å². The van der Waals surface area contributed by atoms with Crippen LogP contribution in [0.15, 0.2) is 29.2 Å². The number of halogens is 1. The minimum Gasteiger partial charge on any atom is -0.340 e. The predicted octanol–water partition coefficient (Wildman–Crippen LogP) is 0.0933. The van der Waals surface area contributed by atoms with Gasteiger partial charge >= 0.3 is 0 Å². The summed E-state index contributed by atoms with van der Waals surface area (Å²) in [7, 11) is -6.95. The molecule has 10 heteroatoms. The van der Waals surface area contributed by atoms with E-state index in [1.54, 1.807) is 0 Å². The number of carbonyl (C=O) groups is 1. The molecule has 1 aromatic carbocycles. The summed E-state index contributed by atoms with van der Waals surface area (Å²) >= 11 is 0. The summed E-state index contributed by atoms with van der Waals surface area (Å²) in [6.45, 7) is 0.599. The van der Waals surface area contributed by atoms with Gasteiger partial charge in [-0.05, 0) is 24.6 Å². The van der Waals surface area contributed by atoms with Crippen molar-refractivity contribution in [2.45, 2.75) is 11.3 Å². The van der Waals surface area contributed by atoms with E-state index in [2.05, 4.69) is 0 Å². The van der Waals surface area contributed by atoms with E-state index in [1.165, 1.54) is 27.4 Å². The molecule has 1 atom stereocenters. The quantitative estimate of drug-likeness (QED) is 0.730. The fraction of sp³-hybridized carbons (Fsp3) is 0.533. The molecule has 0 saturated carbocycles. The highest BCUT2D eigenvalue weighted by Crippen LogP contribution is 2.23. The number of rotatable bonds is 3. The van der Waals surface area contributed by atoms with Crippen LogP contribution >= 0.6 is 0 Å². The zero-order chi connectivity index (χ0) is 18.2. The molecule has 0 aromatic heterocycles. The lowest BCUT2D eigenvalue weighted by atomic mass is 10.1. The van der Waals surface area contributed by atoms with E-state index in [1.807, 2.05) is 0 Å². The molecule has 2 aliphatic heterocycles. The van der Waals surface area contributed by atoms with E-state index in [0.29, 0.717) is 6.42 Å². The molecule has 2 aliphatic rings. The van der Waals surface area contributed by atoms with E-state index >= 15 is 0 Å². The Balaban J connectivity index is 1.65. The molecule has 1 amide bonds. The van der Waals surface area contributed by atoms with Crippen LogP contribution in [-0.4, -0.2) is 69.6 Å². The normalized spacial score (nSPS) is 24.4. The summed E-state index contributed by atoms with van der Waals surface area (Å²) in [5.41, 5.74) is 0. The Morgan fingerprint density at radius 2 is 1.84 bits per heavy atom. The highest BCUT2D eigenvalue weighted by molar-refractivity contribution is 7.91. The second-order valence-electron chi connectivity index (χ2n) is 6.29. The van der Waals surface area contributed by atoms with Gasteiger partial charge in [0.15, 0.2) is 9.84 Å². The van der Waals surface area contributed by atoms with Crippen molar-refractivity contribution in [2.24, 2.45) is 5.92 Å². The first-order valence-corrected chi connectivity index (χ1v) is 11.2. The van der Waals surface area contributed by atoms with Crippen LogP contribution in [-0.2, 0) is 24.7 Å². The largest absolute Gasteiger partial charge is 0.340 e. The Hall–Kier alpha value is -1.52. The van der Waals surface area contributed by atoms with Crippen molar-refractivity contribution in [1.82, 2.24) is 9.21 Å². The molecule has 7 nitrogen and oxygen atoms in total. The third-order valence-corrected chi connectivity index (χ3v) is 8.23. The number of sulfone groups is 1. The van der Waals surface area contributed by atoms with E-state index in [9.17, 15) is 26.0 Å². The Morgan fingerprint density at radius 1 is 1.16 bits per heavy atom. The molecule has 1 aromatic rings. The second-order valence-corrected chi connectivity index (χ2v) is 10.5. The summed E-state index contributed by atoms with van der Waals surface area (Å²) in [6, 6.07) is 4.81. The minimum atomic E-state index is -3.81. The molecule has 25 heavy (non-hydrogen) atoms. The summed E-state index contributed by atoms with van der Waals surface area (Å²) in [5, 5.41) is 0. The van der Waals surface area contributed by atoms with Crippen molar-refractivity contribution in [3.05, 3.63) is 30.1 Å². The number of carbonyl (C=O) groups excluding carboxylic acids is 1. The fourth-order valence-electron chi connectivity index (χ4n) is 3.17. The number of benzene rings is 1. The van der Waals surface area contributed by atoms with E-state index in [-0.39, 0.29) is 48.5 Å². The first-order chi connectivity index (χ1) is 11.7. The third kappa shape index (κ3) is 3.85. The number of piperazine rings is 1. The van der Waals surface area contributed by atoms with Crippen molar-refractivity contribution in [3.8, 4) is 0 Å². The fourth-order valence-corrected chi connectivity index (χ4v) is 6.36. The van der Waals surface area contributed by atoms with Crippen LogP contribution in [0.1, 0.15) is 6.42 Å². The van der Waals surface area contributed by atoms with E-state index in [0.717, 1.165) is 6.07 Å². The van der Waals surface area contributed by atoms with Gasteiger partial charge in [-0.15, -0.1) is 0 Å². The first kappa shape index (κ1) is 18.3. The first-order valence-electron chi connectivity index (χ1n) is 7.94. The van der Waals surface area contributed by atoms with Gasteiger partial charge in [-0.25, -0.2) is 21.2 Å². The summed E-state index contributed by atoms with van der Waals surface area (Å²) < 4.78 is 62.6. The van der Waals surface area contributed by atoms with Crippen molar-refractivity contribution in [1.29, 1.82) is 0 Å². The van der Waals surface area contributed by atoms with Crippen molar-refractivity contribution in [2.75, 3.05) is 37.7 Å². The van der Waals surface area contributed by atoms with E-state index in [4.69, 9.17) is 0 Å². The highest BCUT2D eigenvalue weighted by atomic mass is 32.2. The van der Waals surface area contributed by atoms with Gasteiger partial charge in [-0.1, -0.05) is 6.07 Å². The van der Waals surface area contributed by atoms with Crippen LogP contribution < -0.4 is 0 Å². The molecule has 138 valence electrons. The van der Waals surface area contributed by atoms with Crippen LogP contribution in [0.5, 0.6) is 0 Å². The number of hydrogen-bond acceptors (Lipinski definition) is 5. The molecule has 0 radical (unpaired) electrons. The maximum absolute atomic E-state index is 13.3. The Kier molecular flexibility index (Phi) is 4.86. The molecular formula is C15H19FN2O5S2. The standard InChI is InChI=1S/C15H19FN2O5S2/c16-13-2-1-3-14(10-13)25(22,23)18-7-5-17(6-8-18)15(19)12-4-9-24(20,21)11-12/h1-3,10,12H,4-9,11H2/t12-/m1/s1. The van der Waals surface area contributed by atoms with Crippen molar-refractivity contribution < 1.29 is 26.0 Å². The maximum Gasteiger partial charge on any atom is 0.243 e. The lowest BCUT2D eigenvalue weighted by Crippen LogP contribution is -2.52. The number of hydrogen-bond donors (Lipinski definition) is 0. The molecule has 3 rings (SSSR count). The number of amides is 1. The van der Waals surface area contributed by atoms with Gasteiger partial charge in [0.05, 0.1) is 22.3 Å². The second kappa shape index (κ2) is 6.65. The molecule has 0 unspecified atom stereocenters. The lowest BCUT2D eigenvalue weighted by Gasteiger charge is -2.35. The van der Waals surface area contributed by atoms with Gasteiger partial charge in [0.25, 0.3) is 0 Å². The van der Waals surface area contributed by atoms with Crippen LogP contribution in [0.2, 0.25) is 0 Å². The monoisotopic (exact) mass is 390 g/mol. The smallest absolute Gasteiger partial charge is 0.243 e. The van der Waals surface area contributed by atoms with Gasteiger partial charge < -0.3 is 4.90 Å². The number of nitrogens with zero attached hydrogens (tertiary/aromatic N) is 2. The topological polar surface area (TPSA) is 91.8 Å². The van der Waals surface area contributed by atoms with Crippen molar-refractivity contribution in [3.63, 3.8) is 0 Å². The van der Waals surface area contributed by atoms with Crippen LogP contribution in [0.3, 0.4) is 0 Å². The number of sulfonamides is 1. The van der Waals surface area contributed by atoms with Crippen molar-refractivity contribution >= 4 is 25.8 Å². The Morgan fingerprint density at radius 3 is 2.40 bits per heavy atom. The van der Waals surface area contributed by atoms with Gasteiger partial charge in [0.1, 0.15) is 5.82 Å². The molecule has 0 spiro atoms. The molecule has 2 saturated heterocycles. The maximum atomic E-state index is 13.3. The van der Waals surface area contributed by atoms with Crippen LogP contribution in [0.25, 0.3) is 0 Å². The lowest BCUT2D eigenvalue weighted by molar-refractivity contribution is -0.135. The summed E-state index contributed by atoms with van der Waals surface area (Å²) in [4.78, 5) is 13.8. The minimum absolute atomic E-state index is 0.0251. The van der Waals surface area contributed by atoms with Gasteiger partial charge in [0, 0.05) is 26.2 Å². The molecule has 0 N–H and O–H groups in total. The summed E-state index contributed by atoms with van der Waals surface area (Å²) in [6.07, 6.45) is 0.322. The molecule has 2 heterocycles.